The van der Waals surface area contributed by atoms with Crippen LogP contribution in [-0.2, 0) is 0 Å². The Kier molecular flexibility index (Phi) is 5.73. The number of urea groups is 1. The van der Waals surface area contributed by atoms with Gasteiger partial charge in [-0.3, -0.25) is 10.2 Å². The lowest BCUT2D eigenvalue weighted by atomic mass is 10.2. The molecule has 0 radical (unpaired) electrons. The van der Waals surface area contributed by atoms with Gasteiger partial charge >= 0.3 is 6.03 Å². The predicted molar refractivity (Wildman–Crippen MR) is 100 cm³/mol. The van der Waals surface area contributed by atoms with Crippen molar-refractivity contribution in [2.75, 3.05) is 5.32 Å². The molecule has 3 N–H and O–H groups in total. The molecule has 1 aliphatic rings. The molecule has 3 rings (SSSR count). The first kappa shape index (κ1) is 17.8. The highest BCUT2D eigenvalue weighted by molar-refractivity contribution is 5.97. The largest absolute Gasteiger partial charge is 0.490 e. The molecule has 6 heteroatoms. The van der Waals surface area contributed by atoms with E-state index in [1.165, 1.54) is 12.8 Å². The van der Waals surface area contributed by atoms with Gasteiger partial charge in [0.2, 0.25) is 0 Å². The molecule has 3 amide bonds. The number of ether oxygens (including phenoxy) is 1. The van der Waals surface area contributed by atoms with Gasteiger partial charge in [-0.2, -0.15) is 0 Å². The van der Waals surface area contributed by atoms with Gasteiger partial charge in [0.1, 0.15) is 5.75 Å². The van der Waals surface area contributed by atoms with Gasteiger partial charge in [0.25, 0.3) is 5.91 Å². The fourth-order valence-corrected chi connectivity index (χ4v) is 2.95. The van der Waals surface area contributed by atoms with E-state index in [1.807, 2.05) is 25.1 Å². The molecule has 0 aromatic heterocycles. The van der Waals surface area contributed by atoms with E-state index >= 15 is 0 Å². The first-order chi connectivity index (χ1) is 12.6. The van der Waals surface area contributed by atoms with Crippen LogP contribution in [0, 0.1) is 6.92 Å². The van der Waals surface area contributed by atoms with E-state index < -0.39 is 11.9 Å². The standard InChI is InChI=1S/C20H23N3O3/c1-14-5-4-6-16(13-14)21-20(25)23-22-19(24)15-9-11-18(12-10-15)26-17-7-2-3-8-17/h4-6,9-13,17H,2-3,7-8H2,1H3,(H,22,24)(H2,21,23,25). The number of anilines is 1. The Bertz CT molecular complexity index is 768. The molecule has 0 saturated heterocycles. The van der Waals surface area contributed by atoms with Crippen molar-refractivity contribution in [3.63, 3.8) is 0 Å². The molecule has 6 nitrogen and oxygen atoms in total. The van der Waals surface area contributed by atoms with Gasteiger partial charge in [0, 0.05) is 11.3 Å². The van der Waals surface area contributed by atoms with E-state index in [4.69, 9.17) is 4.74 Å². The monoisotopic (exact) mass is 353 g/mol. The van der Waals surface area contributed by atoms with E-state index in [9.17, 15) is 9.59 Å². The number of hydrazine groups is 1. The summed E-state index contributed by atoms with van der Waals surface area (Å²) in [6.07, 6.45) is 4.87. The molecule has 0 heterocycles. The summed E-state index contributed by atoms with van der Waals surface area (Å²) in [5.74, 6) is 0.371. The predicted octanol–water partition coefficient (Wildman–Crippen LogP) is 3.78. The number of hydrogen-bond acceptors (Lipinski definition) is 3. The summed E-state index contributed by atoms with van der Waals surface area (Å²) in [7, 11) is 0. The van der Waals surface area contributed by atoms with Crippen LogP contribution in [0.1, 0.15) is 41.6 Å². The summed E-state index contributed by atoms with van der Waals surface area (Å²) in [5.41, 5.74) is 6.86. The summed E-state index contributed by atoms with van der Waals surface area (Å²) in [6.45, 7) is 1.94. The number of amides is 3. The van der Waals surface area contributed by atoms with Gasteiger partial charge in [-0.25, -0.2) is 10.2 Å². The number of benzene rings is 2. The number of aryl methyl sites for hydroxylation is 1. The maximum absolute atomic E-state index is 12.1. The quantitative estimate of drug-likeness (QED) is 0.732. The molecular weight excluding hydrogens is 330 g/mol. The van der Waals surface area contributed by atoms with Crippen LogP contribution in [0.5, 0.6) is 5.75 Å². The number of rotatable bonds is 4. The van der Waals surface area contributed by atoms with E-state index in [0.29, 0.717) is 11.3 Å². The van der Waals surface area contributed by atoms with E-state index in [1.54, 1.807) is 30.3 Å². The first-order valence-electron chi connectivity index (χ1n) is 8.81. The summed E-state index contributed by atoms with van der Waals surface area (Å²) >= 11 is 0. The fraction of sp³-hybridized carbons (Fsp3) is 0.300. The Morgan fingerprint density at radius 2 is 1.73 bits per heavy atom. The lowest BCUT2D eigenvalue weighted by molar-refractivity contribution is 0.0938. The normalized spacial score (nSPS) is 13.9. The first-order valence-corrected chi connectivity index (χ1v) is 8.81. The second kappa shape index (κ2) is 8.38. The van der Waals surface area contributed by atoms with Gasteiger partial charge in [-0.1, -0.05) is 12.1 Å². The molecule has 2 aromatic rings. The Balaban J connectivity index is 1.47. The lowest BCUT2D eigenvalue weighted by Gasteiger charge is -2.13. The average Bonchev–Trinajstić information content (AvgIpc) is 3.13. The van der Waals surface area contributed by atoms with Crippen LogP contribution >= 0.6 is 0 Å². The third-order valence-corrected chi connectivity index (χ3v) is 4.29. The van der Waals surface area contributed by atoms with Gasteiger partial charge in [0.15, 0.2) is 0 Å². The molecule has 1 saturated carbocycles. The Morgan fingerprint density at radius 3 is 2.42 bits per heavy atom. The minimum atomic E-state index is -0.509. The van der Waals surface area contributed by atoms with Crippen LogP contribution in [-0.4, -0.2) is 18.0 Å². The van der Waals surface area contributed by atoms with E-state index in [0.717, 1.165) is 24.2 Å². The molecule has 0 unspecified atom stereocenters. The molecule has 0 atom stereocenters. The van der Waals surface area contributed by atoms with Crippen LogP contribution in [0.2, 0.25) is 0 Å². The summed E-state index contributed by atoms with van der Waals surface area (Å²) < 4.78 is 5.87. The molecule has 2 aromatic carbocycles. The molecule has 26 heavy (non-hydrogen) atoms. The van der Waals surface area contributed by atoms with Crippen LogP contribution in [0.25, 0.3) is 0 Å². The Hall–Kier alpha value is -3.02. The van der Waals surface area contributed by atoms with Crippen molar-refractivity contribution in [3.05, 3.63) is 59.7 Å². The third kappa shape index (κ3) is 4.99. The van der Waals surface area contributed by atoms with Crippen molar-refractivity contribution in [2.24, 2.45) is 0 Å². The highest BCUT2D eigenvalue weighted by Crippen LogP contribution is 2.24. The van der Waals surface area contributed by atoms with Crippen LogP contribution in [0.3, 0.4) is 0 Å². The summed E-state index contributed by atoms with van der Waals surface area (Å²) in [6, 6.07) is 13.8. The number of nitrogens with one attached hydrogen (secondary N) is 3. The molecule has 136 valence electrons. The highest BCUT2D eigenvalue weighted by atomic mass is 16.5. The maximum Gasteiger partial charge on any atom is 0.337 e. The molecule has 1 fully saturated rings. The van der Waals surface area contributed by atoms with E-state index in [2.05, 4.69) is 16.2 Å². The molecule has 0 bridgehead atoms. The topological polar surface area (TPSA) is 79.5 Å². The summed E-state index contributed by atoms with van der Waals surface area (Å²) in [4.78, 5) is 24.0. The van der Waals surface area contributed by atoms with Crippen molar-refractivity contribution in [1.82, 2.24) is 10.9 Å². The Morgan fingerprint density at radius 1 is 1.00 bits per heavy atom. The zero-order valence-electron chi connectivity index (χ0n) is 14.7. The molecular formula is C20H23N3O3. The molecule has 0 aliphatic heterocycles. The van der Waals surface area contributed by atoms with Crippen LogP contribution < -0.4 is 20.9 Å². The second-order valence-electron chi connectivity index (χ2n) is 6.45. The van der Waals surface area contributed by atoms with Crippen molar-refractivity contribution in [2.45, 2.75) is 38.7 Å². The third-order valence-electron chi connectivity index (χ3n) is 4.29. The minimum Gasteiger partial charge on any atom is -0.490 e. The van der Waals surface area contributed by atoms with Gasteiger partial charge in [0.05, 0.1) is 6.10 Å². The highest BCUT2D eigenvalue weighted by Gasteiger charge is 2.16. The number of carbonyl (C=O) groups excluding carboxylic acids is 2. The SMILES string of the molecule is Cc1cccc(NC(=O)NNC(=O)c2ccc(OC3CCCC3)cc2)c1. The number of hydrogen-bond donors (Lipinski definition) is 3. The number of carbonyl (C=O) groups is 2. The summed E-state index contributed by atoms with van der Waals surface area (Å²) in [5, 5.41) is 2.65. The average molecular weight is 353 g/mol. The van der Waals surface area contributed by atoms with Gasteiger partial charge in [-0.05, 0) is 74.6 Å². The smallest absolute Gasteiger partial charge is 0.337 e. The van der Waals surface area contributed by atoms with Crippen molar-refractivity contribution in [1.29, 1.82) is 0 Å². The second-order valence-corrected chi connectivity index (χ2v) is 6.45. The van der Waals surface area contributed by atoms with Crippen LogP contribution in [0.15, 0.2) is 48.5 Å². The zero-order valence-corrected chi connectivity index (χ0v) is 14.7. The van der Waals surface area contributed by atoms with Crippen molar-refractivity contribution in [3.8, 4) is 5.75 Å². The lowest BCUT2D eigenvalue weighted by Crippen LogP contribution is -2.43. The zero-order chi connectivity index (χ0) is 18.4. The fourth-order valence-electron chi connectivity index (χ4n) is 2.95. The van der Waals surface area contributed by atoms with E-state index in [-0.39, 0.29) is 6.10 Å². The minimum absolute atomic E-state index is 0.279. The molecule has 1 aliphatic carbocycles. The van der Waals surface area contributed by atoms with Crippen molar-refractivity contribution >= 4 is 17.6 Å². The van der Waals surface area contributed by atoms with Gasteiger partial charge < -0.3 is 10.1 Å². The molecule has 0 spiro atoms. The van der Waals surface area contributed by atoms with Crippen LogP contribution in [0.4, 0.5) is 10.5 Å². The maximum atomic E-state index is 12.1. The van der Waals surface area contributed by atoms with Gasteiger partial charge in [-0.15, -0.1) is 0 Å². The van der Waals surface area contributed by atoms with Crippen molar-refractivity contribution < 1.29 is 14.3 Å². The Labute approximate surface area is 152 Å².